The highest BCUT2D eigenvalue weighted by molar-refractivity contribution is 9.10. The maximum atomic E-state index is 5.27. The fourth-order valence-electron chi connectivity index (χ4n) is 1.56. The second-order valence-corrected chi connectivity index (χ2v) is 3.79. The Labute approximate surface area is 79.6 Å². The minimum absolute atomic E-state index is 0.974. The van der Waals surface area contributed by atoms with E-state index < -0.39 is 0 Å². The number of benzene rings is 1. The van der Waals surface area contributed by atoms with Crippen molar-refractivity contribution in [3.8, 4) is 0 Å². The standard InChI is InChI=1S/C9H9BrN2/c10-7-3-1-6-2-4-9(12-11)8(6)5-7/h1,3,5H,2,4,11H2. The first kappa shape index (κ1) is 7.80. The van der Waals surface area contributed by atoms with Gasteiger partial charge in [0.15, 0.2) is 0 Å². The number of rotatable bonds is 0. The second-order valence-electron chi connectivity index (χ2n) is 2.88. The number of fused-ring (bicyclic) bond motifs is 1. The van der Waals surface area contributed by atoms with Gasteiger partial charge in [0.2, 0.25) is 0 Å². The molecule has 0 fully saturated rings. The molecule has 1 aromatic carbocycles. The summed E-state index contributed by atoms with van der Waals surface area (Å²) < 4.78 is 1.09. The highest BCUT2D eigenvalue weighted by Gasteiger charge is 2.16. The molecule has 0 spiro atoms. The molecule has 0 unspecified atom stereocenters. The van der Waals surface area contributed by atoms with E-state index in [0.717, 1.165) is 23.0 Å². The van der Waals surface area contributed by atoms with E-state index in [4.69, 9.17) is 5.84 Å². The average Bonchev–Trinajstić information content (AvgIpc) is 2.46. The minimum Gasteiger partial charge on any atom is -0.323 e. The van der Waals surface area contributed by atoms with Crippen molar-refractivity contribution in [3.05, 3.63) is 33.8 Å². The number of hydrogen-bond acceptors (Lipinski definition) is 2. The molecule has 3 heteroatoms. The van der Waals surface area contributed by atoms with Crippen LogP contribution in [0.3, 0.4) is 0 Å². The molecule has 0 aromatic heterocycles. The van der Waals surface area contributed by atoms with Crippen molar-refractivity contribution in [2.75, 3.05) is 0 Å². The predicted octanol–water partition coefficient (Wildman–Crippen LogP) is 2.06. The molecule has 1 aliphatic carbocycles. The van der Waals surface area contributed by atoms with Crippen LogP contribution in [0.5, 0.6) is 0 Å². The Balaban J connectivity index is 2.57. The van der Waals surface area contributed by atoms with Gasteiger partial charge in [-0.2, -0.15) is 5.10 Å². The third-order valence-electron chi connectivity index (χ3n) is 2.17. The van der Waals surface area contributed by atoms with Gasteiger partial charge in [-0.1, -0.05) is 22.0 Å². The van der Waals surface area contributed by atoms with Crippen molar-refractivity contribution < 1.29 is 0 Å². The van der Waals surface area contributed by atoms with E-state index >= 15 is 0 Å². The Morgan fingerprint density at radius 2 is 2.17 bits per heavy atom. The van der Waals surface area contributed by atoms with Crippen molar-refractivity contribution in [2.45, 2.75) is 12.8 Å². The molecule has 0 saturated heterocycles. The van der Waals surface area contributed by atoms with Crippen LogP contribution in [0.4, 0.5) is 0 Å². The molecule has 12 heavy (non-hydrogen) atoms. The summed E-state index contributed by atoms with van der Waals surface area (Å²) in [5.41, 5.74) is 3.57. The number of hydrazone groups is 1. The van der Waals surface area contributed by atoms with Gasteiger partial charge in [-0.3, -0.25) is 0 Å². The summed E-state index contributed by atoms with van der Waals surface area (Å²) in [5.74, 6) is 5.27. The second kappa shape index (κ2) is 2.90. The lowest BCUT2D eigenvalue weighted by atomic mass is 10.1. The van der Waals surface area contributed by atoms with E-state index in [1.807, 2.05) is 0 Å². The van der Waals surface area contributed by atoms with Crippen LogP contribution < -0.4 is 5.84 Å². The highest BCUT2D eigenvalue weighted by Crippen LogP contribution is 2.25. The van der Waals surface area contributed by atoms with Gasteiger partial charge in [-0.05, 0) is 30.5 Å². The number of hydrogen-bond donors (Lipinski definition) is 1. The highest BCUT2D eigenvalue weighted by atomic mass is 79.9. The van der Waals surface area contributed by atoms with Gasteiger partial charge in [0.1, 0.15) is 0 Å². The van der Waals surface area contributed by atoms with E-state index in [2.05, 4.69) is 39.2 Å². The van der Waals surface area contributed by atoms with Crippen molar-refractivity contribution in [2.24, 2.45) is 10.9 Å². The third-order valence-corrected chi connectivity index (χ3v) is 2.66. The van der Waals surface area contributed by atoms with Crippen molar-refractivity contribution in [3.63, 3.8) is 0 Å². The Morgan fingerprint density at radius 3 is 2.92 bits per heavy atom. The molecule has 0 aliphatic heterocycles. The molecule has 0 heterocycles. The molecule has 0 bridgehead atoms. The SMILES string of the molecule is NN=C1CCc2ccc(Br)cc21. The normalized spacial score (nSPS) is 18.2. The van der Waals surface area contributed by atoms with E-state index in [-0.39, 0.29) is 0 Å². The number of aryl methyl sites for hydroxylation is 1. The van der Waals surface area contributed by atoms with Crippen LogP contribution in [0.2, 0.25) is 0 Å². The first-order valence-electron chi connectivity index (χ1n) is 3.87. The number of halogens is 1. The Kier molecular flexibility index (Phi) is 1.89. The quantitative estimate of drug-likeness (QED) is 0.532. The third kappa shape index (κ3) is 1.14. The molecule has 0 atom stereocenters. The van der Waals surface area contributed by atoms with Gasteiger partial charge in [-0.25, -0.2) is 0 Å². The monoisotopic (exact) mass is 224 g/mol. The van der Waals surface area contributed by atoms with Crippen LogP contribution in [-0.2, 0) is 6.42 Å². The fraction of sp³-hybridized carbons (Fsp3) is 0.222. The molecular weight excluding hydrogens is 216 g/mol. The number of nitrogens with zero attached hydrogens (tertiary/aromatic N) is 1. The number of nitrogens with two attached hydrogens (primary N) is 1. The van der Waals surface area contributed by atoms with Crippen LogP contribution in [0.25, 0.3) is 0 Å². The largest absolute Gasteiger partial charge is 0.323 e. The minimum atomic E-state index is 0.974. The van der Waals surface area contributed by atoms with E-state index in [1.54, 1.807) is 0 Å². The van der Waals surface area contributed by atoms with Gasteiger partial charge < -0.3 is 5.84 Å². The summed E-state index contributed by atoms with van der Waals surface area (Å²) >= 11 is 3.43. The molecule has 1 aromatic rings. The van der Waals surface area contributed by atoms with Gasteiger partial charge in [0.25, 0.3) is 0 Å². The van der Waals surface area contributed by atoms with E-state index in [1.165, 1.54) is 11.1 Å². The Hall–Kier alpha value is -0.830. The van der Waals surface area contributed by atoms with Crippen LogP contribution in [0, 0.1) is 0 Å². The Morgan fingerprint density at radius 1 is 1.33 bits per heavy atom. The summed E-state index contributed by atoms with van der Waals surface area (Å²) in [6.07, 6.45) is 2.04. The van der Waals surface area contributed by atoms with Crippen LogP contribution in [0.15, 0.2) is 27.8 Å². The van der Waals surface area contributed by atoms with Crippen molar-refractivity contribution in [1.29, 1.82) is 0 Å². The molecule has 2 N–H and O–H groups in total. The lowest BCUT2D eigenvalue weighted by Crippen LogP contribution is -1.98. The zero-order valence-electron chi connectivity index (χ0n) is 6.55. The molecular formula is C9H9BrN2. The summed E-state index contributed by atoms with van der Waals surface area (Å²) in [6.45, 7) is 0. The van der Waals surface area contributed by atoms with Crippen LogP contribution in [0.1, 0.15) is 17.5 Å². The smallest absolute Gasteiger partial charge is 0.0679 e. The summed E-state index contributed by atoms with van der Waals surface area (Å²) in [6, 6.07) is 6.25. The zero-order chi connectivity index (χ0) is 8.55. The molecule has 2 rings (SSSR count). The molecule has 62 valence electrons. The van der Waals surface area contributed by atoms with E-state index in [9.17, 15) is 0 Å². The first-order chi connectivity index (χ1) is 5.81. The average molecular weight is 225 g/mol. The fourth-order valence-corrected chi connectivity index (χ4v) is 1.92. The maximum absolute atomic E-state index is 5.27. The molecule has 0 saturated carbocycles. The van der Waals surface area contributed by atoms with Crippen molar-refractivity contribution in [1.82, 2.24) is 0 Å². The maximum Gasteiger partial charge on any atom is 0.0679 e. The topological polar surface area (TPSA) is 38.4 Å². The van der Waals surface area contributed by atoms with Crippen LogP contribution >= 0.6 is 15.9 Å². The van der Waals surface area contributed by atoms with Gasteiger partial charge in [0, 0.05) is 10.0 Å². The molecule has 2 nitrogen and oxygen atoms in total. The van der Waals surface area contributed by atoms with Gasteiger partial charge in [-0.15, -0.1) is 0 Å². The molecule has 1 aliphatic rings. The summed E-state index contributed by atoms with van der Waals surface area (Å²) in [5, 5.41) is 3.77. The Bertz CT molecular complexity index is 344. The molecule has 0 amide bonds. The predicted molar refractivity (Wildman–Crippen MR) is 53.2 cm³/mol. The van der Waals surface area contributed by atoms with Crippen LogP contribution in [-0.4, -0.2) is 5.71 Å². The first-order valence-corrected chi connectivity index (χ1v) is 4.66. The van der Waals surface area contributed by atoms with Crippen molar-refractivity contribution >= 4 is 21.6 Å². The van der Waals surface area contributed by atoms with Gasteiger partial charge in [0.05, 0.1) is 5.71 Å². The van der Waals surface area contributed by atoms with E-state index in [0.29, 0.717) is 0 Å². The zero-order valence-corrected chi connectivity index (χ0v) is 8.13. The lowest BCUT2D eigenvalue weighted by molar-refractivity contribution is 1.08. The summed E-state index contributed by atoms with van der Waals surface area (Å²) in [4.78, 5) is 0. The lowest BCUT2D eigenvalue weighted by Gasteiger charge is -1.98. The van der Waals surface area contributed by atoms with Gasteiger partial charge >= 0.3 is 0 Å². The molecule has 0 radical (unpaired) electrons. The summed E-state index contributed by atoms with van der Waals surface area (Å²) in [7, 11) is 0.